The molecule has 27 heavy (non-hydrogen) atoms. The van der Waals surface area contributed by atoms with E-state index in [1.165, 1.54) is 0 Å². The summed E-state index contributed by atoms with van der Waals surface area (Å²) in [5.41, 5.74) is 2.52. The van der Waals surface area contributed by atoms with Crippen LogP contribution >= 0.6 is 0 Å². The van der Waals surface area contributed by atoms with Gasteiger partial charge in [0.25, 0.3) is 0 Å². The summed E-state index contributed by atoms with van der Waals surface area (Å²) in [6.07, 6.45) is 1.41. The van der Waals surface area contributed by atoms with Crippen LogP contribution in [0.5, 0.6) is 5.75 Å². The van der Waals surface area contributed by atoms with Gasteiger partial charge in [-0.25, -0.2) is 4.79 Å². The molecule has 0 aliphatic rings. The monoisotopic (exact) mass is 369 g/mol. The van der Waals surface area contributed by atoms with E-state index < -0.39 is 0 Å². The summed E-state index contributed by atoms with van der Waals surface area (Å²) >= 11 is 0. The fourth-order valence-electron chi connectivity index (χ4n) is 2.38. The first kappa shape index (κ1) is 20.3. The lowest BCUT2D eigenvalue weighted by Crippen LogP contribution is -2.28. The second-order valence-corrected chi connectivity index (χ2v) is 6.34. The molecule has 0 bridgehead atoms. The Hall–Kier alpha value is -3.02. The van der Waals surface area contributed by atoms with Crippen molar-refractivity contribution in [1.29, 1.82) is 0 Å². The SMILES string of the molecule is CC[C@H](C)Oc1cccc(CNC(=O)Nc2ccc(CC(=O)NC)cc2)c1. The number of benzene rings is 2. The van der Waals surface area contributed by atoms with E-state index in [0.29, 0.717) is 18.7 Å². The van der Waals surface area contributed by atoms with E-state index in [4.69, 9.17) is 4.74 Å². The Morgan fingerprint density at radius 2 is 1.81 bits per heavy atom. The highest BCUT2D eigenvalue weighted by molar-refractivity contribution is 5.89. The molecule has 6 heteroatoms. The van der Waals surface area contributed by atoms with E-state index >= 15 is 0 Å². The standard InChI is InChI=1S/C21H27N3O3/c1-4-15(2)27-19-7-5-6-17(12-19)14-23-21(26)24-18-10-8-16(9-11-18)13-20(25)22-3/h5-12,15H,4,13-14H2,1-3H3,(H,22,25)(H2,23,24,26)/t15-/m0/s1. The van der Waals surface area contributed by atoms with Crippen LogP contribution in [0.4, 0.5) is 10.5 Å². The van der Waals surface area contributed by atoms with E-state index in [2.05, 4.69) is 22.9 Å². The third-order valence-electron chi connectivity index (χ3n) is 4.12. The van der Waals surface area contributed by atoms with Crippen LogP contribution in [0.3, 0.4) is 0 Å². The Labute approximate surface area is 160 Å². The molecular weight excluding hydrogens is 342 g/mol. The van der Waals surface area contributed by atoms with Crippen LogP contribution in [0.1, 0.15) is 31.4 Å². The Kier molecular flexibility index (Phi) is 7.67. The minimum absolute atomic E-state index is 0.0482. The van der Waals surface area contributed by atoms with Gasteiger partial charge < -0.3 is 20.7 Å². The molecule has 0 heterocycles. The fourth-order valence-corrected chi connectivity index (χ4v) is 2.38. The van der Waals surface area contributed by atoms with Gasteiger partial charge in [0.1, 0.15) is 5.75 Å². The normalized spacial score (nSPS) is 11.4. The summed E-state index contributed by atoms with van der Waals surface area (Å²) in [5, 5.41) is 8.19. The zero-order valence-electron chi connectivity index (χ0n) is 16.0. The zero-order valence-corrected chi connectivity index (χ0v) is 16.0. The molecule has 0 saturated heterocycles. The second-order valence-electron chi connectivity index (χ2n) is 6.34. The molecule has 1 atom stereocenters. The predicted octanol–water partition coefficient (Wildman–Crippen LogP) is 3.47. The lowest BCUT2D eigenvalue weighted by Gasteiger charge is -2.14. The molecule has 144 valence electrons. The molecule has 2 rings (SSSR count). The fraction of sp³-hybridized carbons (Fsp3) is 0.333. The summed E-state index contributed by atoms with van der Waals surface area (Å²) < 4.78 is 5.80. The second kappa shape index (κ2) is 10.2. The Balaban J connectivity index is 1.84. The highest BCUT2D eigenvalue weighted by atomic mass is 16.5. The molecule has 0 unspecified atom stereocenters. The number of hydrogen-bond donors (Lipinski definition) is 3. The van der Waals surface area contributed by atoms with Gasteiger partial charge >= 0.3 is 6.03 Å². The highest BCUT2D eigenvalue weighted by Gasteiger charge is 2.06. The molecule has 3 amide bonds. The average Bonchev–Trinajstić information content (AvgIpc) is 2.68. The van der Waals surface area contributed by atoms with E-state index in [0.717, 1.165) is 23.3 Å². The molecule has 0 aliphatic heterocycles. The van der Waals surface area contributed by atoms with Crippen molar-refractivity contribution in [2.45, 2.75) is 39.3 Å². The van der Waals surface area contributed by atoms with Gasteiger partial charge in [-0.15, -0.1) is 0 Å². The Bertz CT molecular complexity index is 760. The van der Waals surface area contributed by atoms with Crippen LogP contribution in [-0.2, 0) is 17.8 Å². The molecule has 0 saturated carbocycles. The van der Waals surface area contributed by atoms with Crippen LogP contribution in [0.15, 0.2) is 48.5 Å². The summed E-state index contributed by atoms with van der Waals surface area (Å²) in [5.74, 6) is 0.753. The number of ether oxygens (including phenoxy) is 1. The maximum atomic E-state index is 12.1. The number of likely N-dealkylation sites (N-methyl/N-ethyl adjacent to an activating group) is 1. The first-order valence-corrected chi connectivity index (χ1v) is 9.10. The molecule has 0 radical (unpaired) electrons. The van der Waals surface area contributed by atoms with Crippen molar-refractivity contribution in [3.05, 3.63) is 59.7 Å². The summed E-state index contributed by atoms with van der Waals surface area (Å²) in [7, 11) is 1.61. The van der Waals surface area contributed by atoms with E-state index in [1.54, 1.807) is 19.2 Å². The van der Waals surface area contributed by atoms with Crippen molar-refractivity contribution in [3.8, 4) is 5.75 Å². The van der Waals surface area contributed by atoms with Gasteiger partial charge in [-0.1, -0.05) is 31.2 Å². The smallest absolute Gasteiger partial charge is 0.319 e. The summed E-state index contributed by atoms with van der Waals surface area (Å²) in [4.78, 5) is 23.5. The number of urea groups is 1. The molecule has 0 spiro atoms. The molecular formula is C21H27N3O3. The third kappa shape index (κ3) is 7.01. The number of rotatable bonds is 8. The van der Waals surface area contributed by atoms with Crippen LogP contribution in [0, 0.1) is 0 Å². The van der Waals surface area contributed by atoms with Gasteiger partial charge in [0.15, 0.2) is 0 Å². The van der Waals surface area contributed by atoms with Crippen LogP contribution in [0.2, 0.25) is 0 Å². The number of amides is 3. The van der Waals surface area contributed by atoms with Gasteiger partial charge in [0.2, 0.25) is 5.91 Å². The molecule has 0 aromatic heterocycles. The average molecular weight is 369 g/mol. The van der Waals surface area contributed by atoms with E-state index in [9.17, 15) is 9.59 Å². The number of anilines is 1. The molecule has 0 aliphatic carbocycles. The lowest BCUT2D eigenvalue weighted by atomic mass is 10.1. The van der Waals surface area contributed by atoms with Crippen molar-refractivity contribution < 1.29 is 14.3 Å². The first-order chi connectivity index (χ1) is 13.0. The quantitative estimate of drug-likeness (QED) is 0.666. The minimum Gasteiger partial charge on any atom is -0.491 e. The van der Waals surface area contributed by atoms with Crippen molar-refractivity contribution in [3.63, 3.8) is 0 Å². The van der Waals surface area contributed by atoms with Gasteiger partial charge in [0, 0.05) is 19.3 Å². The predicted molar refractivity (Wildman–Crippen MR) is 107 cm³/mol. The maximum absolute atomic E-state index is 12.1. The van der Waals surface area contributed by atoms with Crippen molar-refractivity contribution in [1.82, 2.24) is 10.6 Å². The number of carbonyl (C=O) groups excluding carboxylic acids is 2. The molecule has 0 fully saturated rings. The van der Waals surface area contributed by atoms with Crippen molar-refractivity contribution >= 4 is 17.6 Å². The molecule has 3 N–H and O–H groups in total. The van der Waals surface area contributed by atoms with Crippen molar-refractivity contribution in [2.24, 2.45) is 0 Å². The van der Waals surface area contributed by atoms with Gasteiger partial charge in [-0.3, -0.25) is 4.79 Å². The van der Waals surface area contributed by atoms with Crippen LogP contribution in [0.25, 0.3) is 0 Å². The van der Waals surface area contributed by atoms with Crippen LogP contribution in [-0.4, -0.2) is 25.1 Å². The maximum Gasteiger partial charge on any atom is 0.319 e. The largest absolute Gasteiger partial charge is 0.491 e. The van der Waals surface area contributed by atoms with Crippen LogP contribution < -0.4 is 20.7 Å². The summed E-state index contributed by atoms with van der Waals surface area (Å²) in [6.45, 7) is 4.50. The number of nitrogens with one attached hydrogen (secondary N) is 3. The summed E-state index contributed by atoms with van der Waals surface area (Å²) in [6, 6.07) is 14.6. The first-order valence-electron chi connectivity index (χ1n) is 9.10. The van der Waals surface area contributed by atoms with E-state index in [-0.39, 0.29) is 18.0 Å². The lowest BCUT2D eigenvalue weighted by molar-refractivity contribution is -0.119. The minimum atomic E-state index is -0.290. The number of carbonyl (C=O) groups is 2. The topological polar surface area (TPSA) is 79.5 Å². The molecule has 2 aromatic carbocycles. The zero-order chi connectivity index (χ0) is 19.6. The molecule has 2 aromatic rings. The third-order valence-corrected chi connectivity index (χ3v) is 4.12. The van der Waals surface area contributed by atoms with Gasteiger partial charge in [-0.2, -0.15) is 0 Å². The van der Waals surface area contributed by atoms with Gasteiger partial charge in [-0.05, 0) is 48.7 Å². The Morgan fingerprint density at radius 3 is 2.48 bits per heavy atom. The van der Waals surface area contributed by atoms with E-state index in [1.807, 2.05) is 43.3 Å². The van der Waals surface area contributed by atoms with Gasteiger partial charge in [0.05, 0.1) is 12.5 Å². The number of hydrogen-bond acceptors (Lipinski definition) is 3. The Morgan fingerprint density at radius 1 is 1.07 bits per heavy atom. The highest BCUT2D eigenvalue weighted by Crippen LogP contribution is 2.16. The van der Waals surface area contributed by atoms with Crippen molar-refractivity contribution in [2.75, 3.05) is 12.4 Å². The molecule has 6 nitrogen and oxygen atoms in total.